The van der Waals surface area contributed by atoms with Gasteiger partial charge in [-0.1, -0.05) is 42.5 Å². The number of carbonyl (C=O) groups is 2. The first-order chi connectivity index (χ1) is 15.5. The zero-order valence-corrected chi connectivity index (χ0v) is 18.2. The number of hydrogen-bond donors (Lipinski definition) is 2. The van der Waals surface area contributed by atoms with Crippen LogP contribution in [-0.2, 0) is 27.4 Å². The summed E-state index contributed by atoms with van der Waals surface area (Å²) in [7, 11) is 0. The molecule has 0 heterocycles. The van der Waals surface area contributed by atoms with Gasteiger partial charge >= 0.3 is 11.9 Å². The van der Waals surface area contributed by atoms with Crippen molar-refractivity contribution in [2.75, 3.05) is 6.54 Å². The van der Waals surface area contributed by atoms with Crippen LogP contribution in [0.4, 0.5) is 0 Å². The molecule has 0 aromatic heterocycles. The van der Waals surface area contributed by atoms with Gasteiger partial charge in [0.25, 0.3) is 0 Å². The highest BCUT2D eigenvalue weighted by molar-refractivity contribution is 5.76. The maximum Gasteiger partial charge on any atom is 0.314 e. The van der Waals surface area contributed by atoms with Gasteiger partial charge in [0.15, 0.2) is 5.96 Å². The molecule has 3 rings (SSSR count). The highest BCUT2D eigenvalue weighted by Gasteiger charge is 2.27. The van der Waals surface area contributed by atoms with Crippen molar-refractivity contribution in [3.8, 4) is 5.75 Å². The second-order valence-electron chi connectivity index (χ2n) is 8.19. The molecule has 7 nitrogen and oxygen atoms in total. The minimum Gasteiger partial charge on any atom is -0.461 e. The molecule has 1 saturated carbocycles. The summed E-state index contributed by atoms with van der Waals surface area (Å²) in [6, 6.07) is 16.9. The van der Waals surface area contributed by atoms with Crippen LogP contribution in [0, 0.1) is 11.8 Å². The first-order valence-electron chi connectivity index (χ1n) is 11.0. The second kappa shape index (κ2) is 11.9. The van der Waals surface area contributed by atoms with Crippen molar-refractivity contribution in [3.05, 3.63) is 65.7 Å². The van der Waals surface area contributed by atoms with Gasteiger partial charge in [0.1, 0.15) is 12.4 Å². The third kappa shape index (κ3) is 7.72. The van der Waals surface area contributed by atoms with E-state index in [-0.39, 0.29) is 30.4 Å². The highest BCUT2D eigenvalue weighted by atomic mass is 16.5. The molecule has 1 aliphatic carbocycles. The van der Waals surface area contributed by atoms with Crippen LogP contribution in [0.1, 0.15) is 43.2 Å². The highest BCUT2D eigenvalue weighted by Crippen LogP contribution is 2.30. The molecule has 0 radical (unpaired) electrons. The summed E-state index contributed by atoms with van der Waals surface area (Å²) in [5.41, 5.74) is 12.7. The van der Waals surface area contributed by atoms with Crippen LogP contribution in [0.3, 0.4) is 0 Å². The number of ether oxygens (including phenoxy) is 2. The van der Waals surface area contributed by atoms with E-state index in [0.717, 1.165) is 36.8 Å². The monoisotopic (exact) mass is 437 g/mol. The number of guanidine groups is 1. The predicted molar refractivity (Wildman–Crippen MR) is 123 cm³/mol. The van der Waals surface area contributed by atoms with Crippen LogP contribution < -0.4 is 16.2 Å². The molecule has 0 atom stereocenters. The summed E-state index contributed by atoms with van der Waals surface area (Å²) in [5, 5.41) is 0. The number of nitrogens with two attached hydrogens (primary N) is 2. The van der Waals surface area contributed by atoms with E-state index in [1.807, 2.05) is 42.5 Å². The van der Waals surface area contributed by atoms with Gasteiger partial charge in [-0.25, -0.2) is 0 Å². The smallest absolute Gasteiger partial charge is 0.314 e. The van der Waals surface area contributed by atoms with E-state index in [4.69, 9.17) is 20.9 Å². The summed E-state index contributed by atoms with van der Waals surface area (Å²) < 4.78 is 10.9. The Morgan fingerprint density at radius 2 is 1.59 bits per heavy atom. The number of aliphatic imine (C=N–C) groups is 1. The van der Waals surface area contributed by atoms with Crippen molar-refractivity contribution in [1.82, 2.24) is 0 Å². The molecule has 0 amide bonds. The van der Waals surface area contributed by atoms with Crippen LogP contribution in [0.5, 0.6) is 5.75 Å². The minimum atomic E-state index is -0.236. The average molecular weight is 438 g/mol. The lowest BCUT2D eigenvalue weighted by Crippen LogP contribution is -2.28. The van der Waals surface area contributed by atoms with Crippen LogP contribution in [-0.4, -0.2) is 24.4 Å². The Morgan fingerprint density at radius 3 is 2.25 bits per heavy atom. The van der Waals surface area contributed by atoms with Crippen molar-refractivity contribution in [3.63, 3.8) is 0 Å². The molecule has 0 saturated heterocycles. The lowest BCUT2D eigenvalue weighted by atomic mass is 9.82. The predicted octanol–water partition coefficient (Wildman–Crippen LogP) is 3.35. The molecule has 1 aliphatic rings. The first-order valence-corrected chi connectivity index (χ1v) is 11.0. The summed E-state index contributed by atoms with van der Waals surface area (Å²) in [6.45, 7) is 0.899. The van der Waals surface area contributed by atoms with E-state index in [1.54, 1.807) is 12.1 Å². The Morgan fingerprint density at radius 1 is 0.906 bits per heavy atom. The number of benzene rings is 2. The molecule has 1 fully saturated rings. The van der Waals surface area contributed by atoms with Crippen molar-refractivity contribution in [2.24, 2.45) is 28.3 Å². The van der Waals surface area contributed by atoms with Gasteiger partial charge in [0, 0.05) is 13.0 Å². The summed E-state index contributed by atoms with van der Waals surface area (Å²) >= 11 is 0. The Balaban J connectivity index is 1.37. The average Bonchev–Trinajstić information content (AvgIpc) is 2.82. The summed E-state index contributed by atoms with van der Waals surface area (Å²) in [6.07, 6.45) is 4.27. The molecule has 2 aromatic carbocycles. The molecule has 0 aliphatic heterocycles. The van der Waals surface area contributed by atoms with E-state index < -0.39 is 0 Å². The molecule has 170 valence electrons. The van der Waals surface area contributed by atoms with Gasteiger partial charge in [0.2, 0.25) is 0 Å². The largest absolute Gasteiger partial charge is 0.461 e. The molecular weight excluding hydrogens is 406 g/mol. The Bertz CT molecular complexity index is 901. The molecule has 7 heteroatoms. The van der Waals surface area contributed by atoms with Gasteiger partial charge in [-0.2, -0.15) is 0 Å². The van der Waals surface area contributed by atoms with Gasteiger partial charge in [-0.15, -0.1) is 0 Å². The maximum absolute atomic E-state index is 12.5. The lowest BCUT2D eigenvalue weighted by molar-refractivity contribution is -0.145. The maximum atomic E-state index is 12.5. The molecule has 0 bridgehead atoms. The van der Waals surface area contributed by atoms with Crippen LogP contribution in [0.25, 0.3) is 0 Å². The summed E-state index contributed by atoms with van der Waals surface area (Å²) in [4.78, 5) is 28.5. The number of esters is 2. The minimum absolute atomic E-state index is 0.0930. The number of rotatable bonds is 9. The van der Waals surface area contributed by atoms with Crippen molar-refractivity contribution < 1.29 is 19.1 Å². The van der Waals surface area contributed by atoms with Gasteiger partial charge in [-0.3, -0.25) is 14.6 Å². The van der Waals surface area contributed by atoms with Gasteiger partial charge in [0.05, 0.1) is 5.92 Å². The van der Waals surface area contributed by atoms with Gasteiger partial charge in [-0.05, 0) is 61.3 Å². The Kier molecular flexibility index (Phi) is 8.66. The fourth-order valence-electron chi connectivity index (χ4n) is 3.80. The fourth-order valence-corrected chi connectivity index (χ4v) is 3.80. The van der Waals surface area contributed by atoms with Crippen LogP contribution in [0.15, 0.2) is 59.6 Å². The van der Waals surface area contributed by atoms with E-state index in [2.05, 4.69) is 4.99 Å². The van der Waals surface area contributed by atoms with Crippen molar-refractivity contribution >= 4 is 17.9 Å². The topological polar surface area (TPSA) is 117 Å². The quantitative estimate of drug-likeness (QED) is 0.269. The molecule has 2 aromatic rings. The van der Waals surface area contributed by atoms with E-state index in [0.29, 0.717) is 31.1 Å². The van der Waals surface area contributed by atoms with E-state index in [1.165, 1.54) is 0 Å². The molecular formula is C25H31N3O4. The van der Waals surface area contributed by atoms with E-state index in [9.17, 15) is 9.59 Å². The zero-order valence-electron chi connectivity index (χ0n) is 18.2. The molecule has 0 unspecified atom stereocenters. The normalized spacial score (nSPS) is 17.9. The number of aryl methyl sites for hydroxylation is 1. The Hall–Kier alpha value is -3.35. The molecule has 0 spiro atoms. The van der Waals surface area contributed by atoms with Crippen LogP contribution >= 0.6 is 0 Å². The summed E-state index contributed by atoms with van der Waals surface area (Å²) in [5.74, 6) is 0.527. The Labute approximate surface area is 188 Å². The fraction of sp³-hybridized carbons (Fsp3) is 0.400. The van der Waals surface area contributed by atoms with Crippen LogP contribution in [0.2, 0.25) is 0 Å². The number of carbonyl (C=O) groups excluding carboxylic acids is 2. The molecule has 4 N–H and O–H groups in total. The van der Waals surface area contributed by atoms with E-state index >= 15 is 0 Å². The third-order valence-electron chi connectivity index (χ3n) is 5.71. The van der Waals surface area contributed by atoms with Crippen molar-refractivity contribution in [2.45, 2.75) is 45.1 Å². The number of hydrogen-bond acceptors (Lipinski definition) is 5. The SMILES string of the molecule is NC(N)=NCC1CCC(C(=O)Oc2ccc(CCC(=O)OCc3ccccc3)cc2)CC1. The molecule has 32 heavy (non-hydrogen) atoms. The van der Waals surface area contributed by atoms with Gasteiger partial charge < -0.3 is 20.9 Å². The first kappa shape index (κ1) is 23.3. The standard InChI is InChI=1S/C25H31N3O4/c26-25(27)28-16-19-6-11-21(12-7-19)24(30)32-22-13-8-18(9-14-22)10-15-23(29)31-17-20-4-2-1-3-5-20/h1-5,8-9,13-14,19,21H,6-7,10-12,15-17H2,(H4,26,27,28). The van der Waals surface area contributed by atoms with Crippen molar-refractivity contribution in [1.29, 1.82) is 0 Å². The third-order valence-corrected chi connectivity index (χ3v) is 5.71. The lowest BCUT2D eigenvalue weighted by Gasteiger charge is -2.26. The number of nitrogens with zero attached hydrogens (tertiary/aromatic N) is 1. The second-order valence-corrected chi connectivity index (χ2v) is 8.19. The zero-order chi connectivity index (χ0) is 22.8.